The summed E-state index contributed by atoms with van der Waals surface area (Å²) in [4.78, 5) is 21.8. The smallest absolute Gasteiger partial charge is 0.289 e. The predicted molar refractivity (Wildman–Crippen MR) is 71.8 cm³/mol. The Morgan fingerprint density at radius 3 is 2.89 bits per heavy atom. The molecular weight excluding hydrogens is 312 g/mol. The highest BCUT2D eigenvalue weighted by atomic mass is 79.9. The molecule has 0 aliphatic carbocycles. The molecule has 3 heterocycles. The summed E-state index contributed by atoms with van der Waals surface area (Å²) < 4.78 is 5.80. The van der Waals surface area contributed by atoms with Crippen LogP contribution in [0.5, 0.6) is 0 Å². The number of nitrogens with zero attached hydrogens (tertiary/aromatic N) is 3. The van der Waals surface area contributed by atoms with E-state index in [2.05, 4.69) is 31.2 Å². The fraction of sp³-hybridized carbons (Fsp3) is 0.250. The Kier molecular flexibility index (Phi) is 3.20. The first-order chi connectivity index (χ1) is 9.22. The van der Waals surface area contributed by atoms with Crippen LogP contribution in [-0.4, -0.2) is 39.9 Å². The number of furan rings is 1. The fourth-order valence-electron chi connectivity index (χ4n) is 1.90. The van der Waals surface area contributed by atoms with E-state index in [0.717, 1.165) is 5.82 Å². The van der Waals surface area contributed by atoms with E-state index < -0.39 is 0 Å². The Hall–Kier alpha value is -1.89. The van der Waals surface area contributed by atoms with Crippen LogP contribution in [0.15, 0.2) is 39.8 Å². The van der Waals surface area contributed by atoms with Crippen molar-refractivity contribution >= 4 is 27.7 Å². The molecule has 0 aromatic carbocycles. The Morgan fingerprint density at radius 2 is 2.26 bits per heavy atom. The topological polar surface area (TPSA) is 71.3 Å². The van der Waals surface area contributed by atoms with Gasteiger partial charge in [-0.15, -0.1) is 0 Å². The highest BCUT2D eigenvalue weighted by Gasteiger charge is 2.32. The minimum Gasteiger partial charge on any atom is -0.444 e. The van der Waals surface area contributed by atoms with Crippen molar-refractivity contribution < 1.29 is 9.21 Å². The van der Waals surface area contributed by atoms with Gasteiger partial charge in [-0.2, -0.15) is 0 Å². The summed E-state index contributed by atoms with van der Waals surface area (Å²) in [6.45, 7) is 1.27. The van der Waals surface area contributed by atoms with Gasteiger partial charge in [-0.05, 0) is 28.1 Å². The molecule has 0 spiro atoms. The molecule has 6 nitrogen and oxygen atoms in total. The van der Waals surface area contributed by atoms with Crippen molar-refractivity contribution in [2.24, 2.45) is 0 Å². The van der Waals surface area contributed by atoms with Gasteiger partial charge in [-0.25, -0.2) is 4.98 Å². The Labute approximate surface area is 118 Å². The summed E-state index contributed by atoms with van der Waals surface area (Å²) in [6.07, 6.45) is 4.91. The third-order valence-electron chi connectivity index (χ3n) is 2.87. The molecule has 0 unspecified atom stereocenters. The van der Waals surface area contributed by atoms with Crippen LogP contribution in [0, 0.1) is 0 Å². The van der Waals surface area contributed by atoms with E-state index in [1.807, 2.05) is 0 Å². The summed E-state index contributed by atoms with van der Waals surface area (Å²) in [6, 6.07) is 3.58. The number of amides is 1. The molecule has 0 saturated carbocycles. The Bertz CT molecular complexity index is 580. The van der Waals surface area contributed by atoms with Gasteiger partial charge in [0, 0.05) is 25.5 Å². The number of halogens is 1. The summed E-state index contributed by atoms with van der Waals surface area (Å²) in [5, 5.41) is 3.21. The van der Waals surface area contributed by atoms with Crippen LogP contribution in [0.1, 0.15) is 10.6 Å². The second-order valence-corrected chi connectivity index (χ2v) is 5.03. The number of carbonyl (C=O) groups is 1. The van der Waals surface area contributed by atoms with Crippen molar-refractivity contribution in [3.8, 4) is 0 Å². The van der Waals surface area contributed by atoms with Crippen LogP contribution in [-0.2, 0) is 0 Å². The summed E-state index contributed by atoms with van der Waals surface area (Å²) in [5.74, 6) is 0.980. The van der Waals surface area contributed by atoms with Gasteiger partial charge in [0.15, 0.2) is 10.4 Å². The van der Waals surface area contributed by atoms with Gasteiger partial charge in [0.25, 0.3) is 5.91 Å². The van der Waals surface area contributed by atoms with Crippen molar-refractivity contribution in [2.45, 2.75) is 6.04 Å². The van der Waals surface area contributed by atoms with Crippen LogP contribution in [0.3, 0.4) is 0 Å². The molecule has 19 heavy (non-hydrogen) atoms. The van der Waals surface area contributed by atoms with E-state index in [1.165, 1.54) is 0 Å². The van der Waals surface area contributed by atoms with Crippen molar-refractivity contribution in [2.75, 3.05) is 18.4 Å². The molecule has 2 aromatic rings. The standard InChI is InChI=1S/C12H11BrN4O2/c13-10-2-1-9(19-10)12(18)17-6-8(7-17)16-11-5-14-3-4-15-11/h1-5,8H,6-7H2,(H,15,16). The monoisotopic (exact) mass is 322 g/mol. The molecule has 1 saturated heterocycles. The quantitative estimate of drug-likeness (QED) is 0.932. The minimum atomic E-state index is -0.0945. The number of nitrogens with one attached hydrogen (secondary N) is 1. The lowest BCUT2D eigenvalue weighted by molar-refractivity contribution is 0.0590. The predicted octanol–water partition coefficient (Wildman–Crippen LogP) is 1.77. The van der Waals surface area contributed by atoms with Crippen LogP contribution in [0.4, 0.5) is 5.82 Å². The summed E-state index contributed by atoms with van der Waals surface area (Å²) in [7, 11) is 0. The van der Waals surface area contributed by atoms with Crippen molar-refractivity contribution in [3.05, 3.63) is 41.2 Å². The molecule has 0 bridgehead atoms. The minimum absolute atomic E-state index is 0.0945. The zero-order chi connectivity index (χ0) is 13.2. The van der Waals surface area contributed by atoms with Gasteiger partial charge in [-0.1, -0.05) is 0 Å². The molecule has 3 rings (SSSR count). The van der Waals surface area contributed by atoms with Gasteiger partial charge in [-0.3, -0.25) is 9.78 Å². The van der Waals surface area contributed by atoms with E-state index in [4.69, 9.17) is 4.42 Å². The molecule has 1 fully saturated rings. The third kappa shape index (κ3) is 2.60. The van der Waals surface area contributed by atoms with E-state index in [0.29, 0.717) is 23.5 Å². The average Bonchev–Trinajstić information content (AvgIpc) is 2.80. The van der Waals surface area contributed by atoms with Gasteiger partial charge < -0.3 is 14.6 Å². The Balaban J connectivity index is 1.54. The zero-order valence-corrected chi connectivity index (χ0v) is 11.5. The maximum absolute atomic E-state index is 12.0. The zero-order valence-electron chi connectivity index (χ0n) is 9.91. The first-order valence-corrected chi connectivity index (χ1v) is 6.59. The fourth-order valence-corrected chi connectivity index (χ4v) is 2.21. The third-order valence-corrected chi connectivity index (χ3v) is 3.29. The molecule has 2 aromatic heterocycles. The van der Waals surface area contributed by atoms with E-state index >= 15 is 0 Å². The maximum atomic E-state index is 12.0. The molecular formula is C12H11BrN4O2. The van der Waals surface area contributed by atoms with Gasteiger partial charge in [0.2, 0.25) is 0 Å². The molecule has 1 aliphatic rings. The maximum Gasteiger partial charge on any atom is 0.289 e. The molecule has 98 valence electrons. The van der Waals surface area contributed by atoms with Crippen LogP contribution in [0.2, 0.25) is 0 Å². The first-order valence-electron chi connectivity index (χ1n) is 5.79. The lowest BCUT2D eigenvalue weighted by Gasteiger charge is -2.39. The summed E-state index contributed by atoms with van der Waals surface area (Å²) in [5.41, 5.74) is 0. The number of hydrogen-bond donors (Lipinski definition) is 1. The number of hydrogen-bond acceptors (Lipinski definition) is 5. The molecule has 1 aliphatic heterocycles. The largest absolute Gasteiger partial charge is 0.444 e. The van der Waals surface area contributed by atoms with Crippen molar-refractivity contribution in [3.63, 3.8) is 0 Å². The highest BCUT2D eigenvalue weighted by molar-refractivity contribution is 9.10. The van der Waals surface area contributed by atoms with Crippen LogP contribution in [0.25, 0.3) is 0 Å². The summed E-state index contributed by atoms with van der Waals surface area (Å²) >= 11 is 3.18. The van der Waals surface area contributed by atoms with E-state index in [1.54, 1.807) is 35.6 Å². The molecule has 7 heteroatoms. The number of anilines is 1. The van der Waals surface area contributed by atoms with Crippen LogP contribution < -0.4 is 5.32 Å². The van der Waals surface area contributed by atoms with Crippen molar-refractivity contribution in [1.29, 1.82) is 0 Å². The van der Waals surface area contributed by atoms with Gasteiger partial charge in [0.05, 0.1) is 12.2 Å². The second-order valence-electron chi connectivity index (χ2n) is 4.25. The molecule has 0 atom stereocenters. The Morgan fingerprint density at radius 1 is 1.42 bits per heavy atom. The second kappa shape index (κ2) is 5.00. The van der Waals surface area contributed by atoms with Gasteiger partial charge >= 0.3 is 0 Å². The van der Waals surface area contributed by atoms with Gasteiger partial charge in [0.1, 0.15) is 5.82 Å². The number of rotatable bonds is 3. The molecule has 1 N–H and O–H groups in total. The number of likely N-dealkylation sites (tertiary alicyclic amines) is 1. The van der Waals surface area contributed by atoms with E-state index in [9.17, 15) is 4.79 Å². The molecule has 0 radical (unpaired) electrons. The van der Waals surface area contributed by atoms with Crippen LogP contribution >= 0.6 is 15.9 Å². The lowest BCUT2D eigenvalue weighted by Crippen LogP contribution is -2.57. The number of carbonyl (C=O) groups excluding carboxylic acids is 1. The lowest BCUT2D eigenvalue weighted by atomic mass is 10.1. The highest BCUT2D eigenvalue weighted by Crippen LogP contribution is 2.20. The normalized spacial score (nSPS) is 15.1. The molecule has 1 amide bonds. The van der Waals surface area contributed by atoms with Crippen molar-refractivity contribution in [1.82, 2.24) is 14.9 Å². The average molecular weight is 323 g/mol. The van der Waals surface area contributed by atoms with E-state index in [-0.39, 0.29) is 11.9 Å². The number of aromatic nitrogens is 2. The SMILES string of the molecule is O=C(c1ccc(Br)o1)N1CC(Nc2cnccn2)C1. The first kappa shape index (κ1) is 12.2.